The van der Waals surface area contributed by atoms with E-state index in [1.54, 1.807) is 0 Å². The van der Waals surface area contributed by atoms with Crippen molar-refractivity contribution in [2.75, 3.05) is 33.2 Å². The fourth-order valence-corrected chi connectivity index (χ4v) is 3.60. The molecule has 0 spiro atoms. The Labute approximate surface area is 117 Å². The Balaban J connectivity index is 2.56. The lowest BCUT2D eigenvalue weighted by molar-refractivity contribution is 0.594. The molecule has 0 aromatic heterocycles. The summed E-state index contributed by atoms with van der Waals surface area (Å²) in [5, 5.41) is 0. The maximum Gasteiger partial charge on any atom is 0.326 e. The molecule has 0 saturated heterocycles. The van der Waals surface area contributed by atoms with Crippen LogP contribution in [0, 0.1) is 5.82 Å². The van der Waals surface area contributed by atoms with Crippen molar-refractivity contribution in [3.05, 3.63) is 17.9 Å². The SMILES string of the molecule is CCS(=O)(=O)Nc1cc2c(cc1F)N(C)S(=O)(=O)N2C. The molecule has 0 unspecified atom stereocenters. The lowest BCUT2D eigenvalue weighted by Crippen LogP contribution is -2.32. The summed E-state index contributed by atoms with van der Waals surface area (Å²) in [7, 11) is -4.75. The van der Waals surface area contributed by atoms with Crippen LogP contribution < -0.4 is 13.3 Å². The fraction of sp³-hybridized carbons (Fsp3) is 0.400. The molecular formula is C10H14FN3O4S2. The molecule has 7 nitrogen and oxygen atoms in total. The smallest absolute Gasteiger partial charge is 0.281 e. The van der Waals surface area contributed by atoms with E-state index < -0.39 is 26.0 Å². The van der Waals surface area contributed by atoms with Gasteiger partial charge in [0, 0.05) is 20.2 Å². The van der Waals surface area contributed by atoms with Crippen molar-refractivity contribution in [1.82, 2.24) is 0 Å². The summed E-state index contributed by atoms with van der Waals surface area (Å²) in [6.45, 7) is 1.41. The predicted molar refractivity (Wildman–Crippen MR) is 75.2 cm³/mol. The first-order valence-corrected chi connectivity index (χ1v) is 8.72. The molecule has 1 N–H and O–H groups in total. The number of sulfonamides is 1. The second-order valence-corrected chi connectivity index (χ2v) is 8.27. The van der Waals surface area contributed by atoms with Crippen molar-refractivity contribution < 1.29 is 21.2 Å². The number of nitrogens with one attached hydrogen (secondary N) is 1. The van der Waals surface area contributed by atoms with Crippen LogP contribution >= 0.6 is 0 Å². The molecular weight excluding hydrogens is 309 g/mol. The number of benzene rings is 1. The minimum absolute atomic E-state index is 0.157. The number of hydrogen-bond acceptors (Lipinski definition) is 4. The van der Waals surface area contributed by atoms with Crippen LogP contribution in [0.5, 0.6) is 0 Å². The topological polar surface area (TPSA) is 86.8 Å². The lowest BCUT2D eigenvalue weighted by Gasteiger charge is -2.13. The quantitative estimate of drug-likeness (QED) is 0.888. The molecule has 0 amide bonds. The van der Waals surface area contributed by atoms with Gasteiger partial charge in [-0.25, -0.2) is 12.8 Å². The summed E-state index contributed by atoms with van der Waals surface area (Å²) in [6.07, 6.45) is 0. The second-order valence-electron chi connectivity index (χ2n) is 4.27. The third-order valence-electron chi connectivity index (χ3n) is 3.08. The van der Waals surface area contributed by atoms with E-state index in [9.17, 15) is 21.2 Å². The number of rotatable bonds is 3. The van der Waals surface area contributed by atoms with E-state index in [1.165, 1.54) is 27.1 Å². The van der Waals surface area contributed by atoms with E-state index >= 15 is 0 Å². The molecule has 20 heavy (non-hydrogen) atoms. The summed E-state index contributed by atoms with van der Waals surface area (Å²) >= 11 is 0. The van der Waals surface area contributed by atoms with Gasteiger partial charge in [0.25, 0.3) is 0 Å². The Hall–Kier alpha value is -1.55. The van der Waals surface area contributed by atoms with Crippen LogP contribution in [-0.2, 0) is 20.2 Å². The Morgan fingerprint density at radius 2 is 1.70 bits per heavy atom. The molecule has 10 heteroatoms. The summed E-state index contributed by atoms with van der Waals surface area (Å²) < 4.78 is 64.6. The van der Waals surface area contributed by atoms with Gasteiger partial charge in [-0.15, -0.1) is 0 Å². The maximum absolute atomic E-state index is 13.9. The van der Waals surface area contributed by atoms with Crippen LogP contribution in [0.1, 0.15) is 6.92 Å². The Bertz CT molecular complexity index is 761. The average Bonchev–Trinajstić information content (AvgIpc) is 2.52. The van der Waals surface area contributed by atoms with Gasteiger partial charge in [-0.05, 0) is 13.0 Å². The number of fused-ring (bicyclic) bond motifs is 1. The van der Waals surface area contributed by atoms with Gasteiger partial charge in [-0.2, -0.15) is 8.42 Å². The molecule has 1 aliphatic heterocycles. The van der Waals surface area contributed by atoms with E-state index in [2.05, 4.69) is 4.72 Å². The molecule has 0 saturated carbocycles. The first-order chi connectivity index (χ1) is 9.10. The van der Waals surface area contributed by atoms with Crippen molar-refractivity contribution in [2.45, 2.75) is 6.92 Å². The third-order valence-corrected chi connectivity index (χ3v) is 6.15. The molecule has 0 aliphatic carbocycles. The van der Waals surface area contributed by atoms with Gasteiger partial charge in [-0.1, -0.05) is 0 Å². The van der Waals surface area contributed by atoms with Crippen molar-refractivity contribution >= 4 is 37.3 Å². The van der Waals surface area contributed by atoms with Crippen LogP contribution in [0.2, 0.25) is 0 Å². The monoisotopic (exact) mass is 323 g/mol. The first-order valence-electron chi connectivity index (χ1n) is 5.67. The number of anilines is 3. The van der Waals surface area contributed by atoms with Gasteiger partial charge in [0.1, 0.15) is 5.82 Å². The van der Waals surface area contributed by atoms with Crippen LogP contribution in [0.3, 0.4) is 0 Å². The van der Waals surface area contributed by atoms with Crippen LogP contribution in [0.15, 0.2) is 12.1 Å². The van der Waals surface area contributed by atoms with Crippen molar-refractivity contribution in [1.29, 1.82) is 0 Å². The van der Waals surface area contributed by atoms with E-state index in [-0.39, 0.29) is 22.8 Å². The van der Waals surface area contributed by atoms with Crippen molar-refractivity contribution in [2.24, 2.45) is 0 Å². The van der Waals surface area contributed by atoms with Gasteiger partial charge >= 0.3 is 10.2 Å². The zero-order valence-electron chi connectivity index (χ0n) is 11.1. The number of hydrogen-bond donors (Lipinski definition) is 1. The molecule has 112 valence electrons. The second kappa shape index (κ2) is 4.48. The van der Waals surface area contributed by atoms with Crippen LogP contribution in [0.25, 0.3) is 0 Å². The van der Waals surface area contributed by atoms with Gasteiger partial charge in [-0.3, -0.25) is 13.3 Å². The molecule has 0 bridgehead atoms. The fourth-order valence-electron chi connectivity index (χ4n) is 1.81. The first kappa shape index (κ1) is 14.9. The highest BCUT2D eigenvalue weighted by Crippen LogP contribution is 2.41. The van der Waals surface area contributed by atoms with Crippen molar-refractivity contribution in [3.63, 3.8) is 0 Å². The molecule has 1 aliphatic rings. The highest BCUT2D eigenvalue weighted by molar-refractivity contribution is 7.94. The van der Waals surface area contributed by atoms with Crippen LogP contribution in [0.4, 0.5) is 21.5 Å². The third kappa shape index (κ3) is 2.18. The molecule has 1 aromatic rings. The maximum atomic E-state index is 13.9. The molecule has 0 atom stereocenters. The number of halogens is 1. The van der Waals surface area contributed by atoms with Gasteiger partial charge in [0.2, 0.25) is 10.0 Å². The van der Waals surface area contributed by atoms with Gasteiger partial charge < -0.3 is 0 Å². The van der Waals surface area contributed by atoms with Crippen LogP contribution in [-0.4, -0.2) is 36.7 Å². The van der Waals surface area contributed by atoms with Crippen molar-refractivity contribution in [3.8, 4) is 0 Å². The Morgan fingerprint density at radius 1 is 1.20 bits per heavy atom. The minimum atomic E-state index is -3.72. The molecule has 0 radical (unpaired) electrons. The van der Waals surface area contributed by atoms with Gasteiger partial charge in [0.05, 0.1) is 22.8 Å². The minimum Gasteiger partial charge on any atom is -0.281 e. The normalized spacial score (nSPS) is 17.2. The summed E-state index contributed by atoms with van der Waals surface area (Å²) in [5.41, 5.74) is 0.0927. The van der Waals surface area contributed by atoms with Gasteiger partial charge in [0.15, 0.2) is 0 Å². The van der Waals surface area contributed by atoms with E-state index in [4.69, 9.17) is 0 Å². The highest BCUT2D eigenvalue weighted by Gasteiger charge is 2.36. The predicted octanol–water partition coefficient (Wildman–Crippen LogP) is 0.718. The average molecular weight is 323 g/mol. The highest BCUT2D eigenvalue weighted by atomic mass is 32.2. The lowest BCUT2D eigenvalue weighted by atomic mass is 10.2. The largest absolute Gasteiger partial charge is 0.326 e. The van der Waals surface area contributed by atoms with E-state index in [0.29, 0.717) is 0 Å². The summed E-state index contributed by atoms with van der Waals surface area (Å²) in [6, 6.07) is 2.16. The number of nitrogens with zero attached hydrogens (tertiary/aromatic N) is 2. The Morgan fingerprint density at radius 3 is 2.20 bits per heavy atom. The Kier molecular flexibility index (Phi) is 3.33. The molecule has 0 fully saturated rings. The summed E-state index contributed by atoms with van der Waals surface area (Å²) in [4.78, 5) is 0. The molecule has 2 rings (SSSR count). The standard InChI is InChI=1S/C10H14FN3O4S2/c1-4-19(15,16)12-8-6-10-9(5-7(8)11)13(2)20(17,18)14(10)3/h5-6,12H,4H2,1-3H3. The van der Waals surface area contributed by atoms with E-state index in [0.717, 1.165) is 14.7 Å². The molecule has 1 aromatic carbocycles. The summed E-state index contributed by atoms with van der Waals surface area (Å²) in [5.74, 6) is -1.05. The molecule has 1 heterocycles. The van der Waals surface area contributed by atoms with E-state index in [1.807, 2.05) is 0 Å². The zero-order valence-corrected chi connectivity index (χ0v) is 12.7. The zero-order chi connectivity index (χ0) is 15.3.